The van der Waals surface area contributed by atoms with Crippen molar-refractivity contribution in [3.63, 3.8) is 0 Å². The summed E-state index contributed by atoms with van der Waals surface area (Å²) in [5, 5.41) is 8.88. The van der Waals surface area contributed by atoms with Crippen molar-refractivity contribution in [2.75, 3.05) is 13.7 Å². The standard InChI is InChI=1S/C12H16N2O3/c1-17-12-9(3-2-6-13-12)7-14(8-11(15)16)10-4-5-10/h2-3,6,10H,4-5,7-8H2,1H3,(H,15,16). The van der Waals surface area contributed by atoms with Gasteiger partial charge in [-0.05, 0) is 18.9 Å². The molecule has 0 aromatic carbocycles. The smallest absolute Gasteiger partial charge is 0.317 e. The fourth-order valence-electron chi connectivity index (χ4n) is 1.87. The summed E-state index contributed by atoms with van der Waals surface area (Å²) < 4.78 is 5.17. The highest BCUT2D eigenvalue weighted by Gasteiger charge is 2.30. The van der Waals surface area contributed by atoms with Crippen molar-refractivity contribution in [3.05, 3.63) is 23.9 Å². The molecule has 0 amide bonds. The molecule has 1 aliphatic carbocycles. The predicted octanol–water partition coefficient (Wildman–Crippen LogP) is 1.14. The first-order valence-corrected chi connectivity index (χ1v) is 5.64. The summed E-state index contributed by atoms with van der Waals surface area (Å²) in [5.41, 5.74) is 0.933. The summed E-state index contributed by atoms with van der Waals surface area (Å²) in [7, 11) is 1.57. The van der Waals surface area contributed by atoms with Gasteiger partial charge in [-0.15, -0.1) is 0 Å². The van der Waals surface area contributed by atoms with Gasteiger partial charge in [-0.3, -0.25) is 9.69 Å². The van der Waals surface area contributed by atoms with Gasteiger partial charge < -0.3 is 9.84 Å². The quantitative estimate of drug-likeness (QED) is 0.802. The zero-order chi connectivity index (χ0) is 12.3. The summed E-state index contributed by atoms with van der Waals surface area (Å²) in [6, 6.07) is 4.16. The Hall–Kier alpha value is -1.62. The fraction of sp³-hybridized carbons (Fsp3) is 0.500. The van der Waals surface area contributed by atoms with Gasteiger partial charge in [0.25, 0.3) is 0 Å². The van der Waals surface area contributed by atoms with E-state index < -0.39 is 5.97 Å². The van der Waals surface area contributed by atoms with E-state index in [1.807, 2.05) is 17.0 Å². The Morgan fingerprint density at radius 3 is 3.00 bits per heavy atom. The molecule has 1 aliphatic rings. The van der Waals surface area contributed by atoms with Crippen LogP contribution in [0.3, 0.4) is 0 Å². The third-order valence-electron chi connectivity index (χ3n) is 2.82. The molecule has 0 atom stereocenters. The second-order valence-corrected chi connectivity index (χ2v) is 4.20. The van der Waals surface area contributed by atoms with E-state index in [4.69, 9.17) is 9.84 Å². The molecular formula is C12H16N2O3. The minimum atomic E-state index is -0.792. The number of carboxylic acid groups (broad SMARTS) is 1. The average Bonchev–Trinajstić information content (AvgIpc) is 3.12. The maximum atomic E-state index is 10.8. The number of hydrogen-bond donors (Lipinski definition) is 1. The summed E-state index contributed by atoms with van der Waals surface area (Å²) in [5.74, 6) is -0.219. The van der Waals surface area contributed by atoms with Crippen molar-refractivity contribution < 1.29 is 14.6 Å². The topological polar surface area (TPSA) is 62.7 Å². The van der Waals surface area contributed by atoms with Gasteiger partial charge in [-0.2, -0.15) is 0 Å². The summed E-state index contributed by atoms with van der Waals surface area (Å²) >= 11 is 0. The van der Waals surface area contributed by atoms with Crippen molar-refractivity contribution in [3.8, 4) is 5.88 Å². The summed E-state index contributed by atoms with van der Waals surface area (Å²) in [6.45, 7) is 0.649. The lowest BCUT2D eigenvalue weighted by Gasteiger charge is -2.20. The number of carbonyl (C=O) groups is 1. The molecule has 0 spiro atoms. The molecule has 2 rings (SSSR count). The van der Waals surface area contributed by atoms with Crippen LogP contribution in [0.5, 0.6) is 5.88 Å². The largest absolute Gasteiger partial charge is 0.481 e. The monoisotopic (exact) mass is 236 g/mol. The minimum Gasteiger partial charge on any atom is -0.481 e. The summed E-state index contributed by atoms with van der Waals surface area (Å²) in [4.78, 5) is 16.9. The molecule has 1 fully saturated rings. The van der Waals surface area contributed by atoms with Gasteiger partial charge in [0, 0.05) is 24.3 Å². The highest BCUT2D eigenvalue weighted by molar-refractivity contribution is 5.69. The van der Waals surface area contributed by atoms with Crippen LogP contribution in [0, 0.1) is 0 Å². The maximum Gasteiger partial charge on any atom is 0.317 e. The molecule has 1 N–H and O–H groups in total. The van der Waals surface area contributed by atoms with Crippen LogP contribution < -0.4 is 4.74 Å². The Morgan fingerprint density at radius 2 is 2.41 bits per heavy atom. The van der Waals surface area contributed by atoms with E-state index in [0.29, 0.717) is 18.5 Å². The summed E-state index contributed by atoms with van der Waals surface area (Å²) in [6.07, 6.45) is 3.83. The molecule has 1 aromatic heterocycles. The maximum absolute atomic E-state index is 10.8. The van der Waals surface area contributed by atoms with Gasteiger partial charge in [0.2, 0.25) is 5.88 Å². The third kappa shape index (κ3) is 3.17. The first-order valence-electron chi connectivity index (χ1n) is 5.64. The van der Waals surface area contributed by atoms with Gasteiger partial charge in [0.05, 0.1) is 13.7 Å². The Morgan fingerprint density at radius 1 is 1.65 bits per heavy atom. The van der Waals surface area contributed by atoms with Gasteiger partial charge >= 0.3 is 5.97 Å². The second kappa shape index (κ2) is 5.14. The SMILES string of the molecule is COc1ncccc1CN(CC(=O)O)C1CC1. The molecule has 5 nitrogen and oxygen atoms in total. The fourth-order valence-corrected chi connectivity index (χ4v) is 1.87. The van der Waals surface area contributed by atoms with E-state index in [-0.39, 0.29) is 6.54 Å². The Balaban J connectivity index is 2.08. The highest BCUT2D eigenvalue weighted by atomic mass is 16.5. The molecule has 0 radical (unpaired) electrons. The normalized spacial score (nSPS) is 14.9. The molecular weight excluding hydrogens is 220 g/mol. The number of rotatable bonds is 6. The number of hydrogen-bond acceptors (Lipinski definition) is 4. The Kier molecular flexibility index (Phi) is 3.58. The van der Waals surface area contributed by atoms with Crippen LogP contribution in [0.2, 0.25) is 0 Å². The van der Waals surface area contributed by atoms with E-state index >= 15 is 0 Å². The van der Waals surface area contributed by atoms with E-state index in [2.05, 4.69) is 4.98 Å². The molecule has 0 unspecified atom stereocenters. The zero-order valence-corrected chi connectivity index (χ0v) is 9.80. The van der Waals surface area contributed by atoms with Crippen LogP contribution in [0.15, 0.2) is 18.3 Å². The minimum absolute atomic E-state index is 0.0721. The molecule has 0 bridgehead atoms. The van der Waals surface area contributed by atoms with Crippen molar-refractivity contribution in [1.29, 1.82) is 0 Å². The zero-order valence-electron chi connectivity index (χ0n) is 9.80. The van der Waals surface area contributed by atoms with E-state index in [9.17, 15) is 4.79 Å². The van der Waals surface area contributed by atoms with Crippen molar-refractivity contribution in [1.82, 2.24) is 9.88 Å². The average molecular weight is 236 g/mol. The third-order valence-corrected chi connectivity index (χ3v) is 2.82. The van der Waals surface area contributed by atoms with Crippen LogP contribution in [-0.4, -0.2) is 40.7 Å². The lowest BCUT2D eigenvalue weighted by Crippen LogP contribution is -2.31. The first-order chi connectivity index (χ1) is 8.20. The van der Waals surface area contributed by atoms with Crippen molar-refractivity contribution >= 4 is 5.97 Å². The molecule has 1 saturated carbocycles. The number of aromatic nitrogens is 1. The van der Waals surface area contributed by atoms with E-state index in [1.54, 1.807) is 13.3 Å². The lowest BCUT2D eigenvalue weighted by atomic mass is 10.2. The molecule has 0 saturated heterocycles. The molecule has 0 aliphatic heterocycles. The van der Waals surface area contributed by atoms with Crippen molar-refractivity contribution in [2.45, 2.75) is 25.4 Å². The van der Waals surface area contributed by atoms with Gasteiger partial charge in [0.1, 0.15) is 0 Å². The molecule has 92 valence electrons. The number of methoxy groups -OCH3 is 1. The molecule has 1 aromatic rings. The lowest BCUT2D eigenvalue weighted by molar-refractivity contribution is -0.138. The van der Waals surface area contributed by atoms with Gasteiger partial charge in [-0.25, -0.2) is 4.98 Å². The number of aliphatic carboxylic acids is 1. The number of nitrogens with zero attached hydrogens (tertiary/aromatic N) is 2. The van der Waals surface area contributed by atoms with Gasteiger partial charge in [0.15, 0.2) is 0 Å². The van der Waals surface area contributed by atoms with E-state index in [0.717, 1.165) is 18.4 Å². The predicted molar refractivity (Wildman–Crippen MR) is 61.9 cm³/mol. The second-order valence-electron chi connectivity index (χ2n) is 4.20. The van der Waals surface area contributed by atoms with Crippen LogP contribution >= 0.6 is 0 Å². The van der Waals surface area contributed by atoms with E-state index in [1.165, 1.54) is 0 Å². The number of carboxylic acids is 1. The van der Waals surface area contributed by atoms with Crippen molar-refractivity contribution in [2.24, 2.45) is 0 Å². The number of ether oxygens (including phenoxy) is 1. The molecule has 5 heteroatoms. The van der Waals surface area contributed by atoms with Crippen LogP contribution in [0.25, 0.3) is 0 Å². The van der Waals surface area contributed by atoms with Crippen LogP contribution in [0.1, 0.15) is 18.4 Å². The van der Waals surface area contributed by atoms with Crippen LogP contribution in [0.4, 0.5) is 0 Å². The first kappa shape index (κ1) is 11.9. The number of pyridine rings is 1. The van der Waals surface area contributed by atoms with Gasteiger partial charge in [-0.1, -0.05) is 6.07 Å². The molecule has 17 heavy (non-hydrogen) atoms. The highest BCUT2D eigenvalue weighted by Crippen LogP contribution is 2.29. The Labute approximate surface area is 100 Å². The Bertz CT molecular complexity index is 404. The van der Waals surface area contributed by atoms with Crippen LogP contribution in [-0.2, 0) is 11.3 Å². The molecule has 1 heterocycles.